The minimum atomic E-state index is -3.46. The van der Waals surface area contributed by atoms with Gasteiger partial charge in [0.2, 0.25) is 5.88 Å². The maximum absolute atomic E-state index is 13.6. The number of halogens is 5. The molecule has 1 aromatic carbocycles. The number of aryl methyl sites for hydroxylation is 1. The number of nitrogens with one attached hydrogen (secondary N) is 2. The van der Waals surface area contributed by atoms with Gasteiger partial charge < -0.3 is 15.4 Å². The second-order valence-electron chi connectivity index (χ2n) is 8.00. The molecule has 0 radical (unpaired) electrons. The lowest BCUT2D eigenvalue weighted by atomic mass is 10.1. The van der Waals surface area contributed by atoms with Crippen LogP contribution >= 0.6 is 35.1 Å². The first kappa shape index (κ1) is 30.9. The van der Waals surface area contributed by atoms with Crippen LogP contribution in [-0.2, 0) is 0 Å². The summed E-state index contributed by atoms with van der Waals surface area (Å²) in [5.74, 6) is -2.22. The molecule has 2 N–H and O–H groups in total. The van der Waals surface area contributed by atoms with Crippen LogP contribution in [0.1, 0.15) is 39.8 Å². The van der Waals surface area contributed by atoms with Crippen LogP contribution in [0.2, 0.25) is 10.0 Å². The summed E-state index contributed by atoms with van der Waals surface area (Å²) < 4.78 is 45.8. The Bertz CT molecular complexity index is 1440. The number of amides is 2. The molecule has 0 aliphatic rings. The van der Waals surface area contributed by atoms with Crippen LogP contribution in [0.15, 0.2) is 36.5 Å². The maximum atomic E-state index is 13.6. The fraction of sp³-hybridized carbons (Fsp3) is 0.292. The largest absolute Gasteiger partial charge is 0.436 e. The van der Waals surface area contributed by atoms with E-state index in [2.05, 4.69) is 25.5 Å². The van der Waals surface area contributed by atoms with Gasteiger partial charge in [-0.1, -0.05) is 30.1 Å². The number of alkyl halides is 3. The fourth-order valence-electron chi connectivity index (χ4n) is 3.50. The third-order valence-corrected chi connectivity index (χ3v) is 6.58. The number of anilines is 1. The van der Waals surface area contributed by atoms with Gasteiger partial charge in [-0.3, -0.25) is 9.59 Å². The van der Waals surface area contributed by atoms with E-state index in [1.165, 1.54) is 34.8 Å². The first-order chi connectivity index (χ1) is 19.0. The molecular formula is C24H22Cl2F3N7O3S. The third-order valence-electron chi connectivity index (χ3n) is 5.34. The van der Waals surface area contributed by atoms with E-state index in [4.69, 9.17) is 23.2 Å². The minimum Gasteiger partial charge on any atom is -0.436 e. The number of carbonyl (C=O) groups is 2. The number of aromatic nitrogens is 3. The van der Waals surface area contributed by atoms with Crippen molar-refractivity contribution in [2.75, 3.05) is 11.6 Å². The smallest absolute Gasteiger partial charge is 0.304 e. The van der Waals surface area contributed by atoms with E-state index in [0.717, 1.165) is 22.7 Å². The lowest BCUT2D eigenvalue weighted by Crippen LogP contribution is -2.43. The normalized spacial score (nSPS) is 12.4. The zero-order chi connectivity index (χ0) is 29.6. The van der Waals surface area contributed by atoms with E-state index >= 15 is 0 Å². The molecule has 0 aliphatic carbocycles. The van der Waals surface area contributed by atoms with Gasteiger partial charge >= 0.3 is 6.43 Å². The SMILES string of the molecule is CCC(NC(=O)c1cc(Cl)cc(C)c1NC(=O)c1cc(OC(F)C(F)F)nn1-c1ncccc1Cl)N(C#N)SC. The topological polar surface area (TPSA) is 125 Å². The summed E-state index contributed by atoms with van der Waals surface area (Å²) in [6.45, 7) is 3.37. The van der Waals surface area contributed by atoms with Gasteiger partial charge in [0.1, 0.15) is 11.9 Å². The molecule has 3 rings (SSSR count). The monoisotopic (exact) mass is 615 g/mol. The quantitative estimate of drug-likeness (QED) is 0.124. The molecule has 10 nitrogen and oxygen atoms in total. The highest BCUT2D eigenvalue weighted by Gasteiger charge is 2.27. The van der Waals surface area contributed by atoms with Crippen LogP contribution in [0.4, 0.5) is 18.9 Å². The van der Waals surface area contributed by atoms with Crippen molar-refractivity contribution < 1.29 is 27.5 Å². The Morgan fingerprint density at radius 3 is 2.58 bits per heavy atom. The van der Waals surface area contributed by atoms with Crippen molar-refractivity contribution in [1.29, 1.82) is 5.26 Å². The molecule has 2 unspecified atom stereocenters. The van der Waals surface area contributed by atoms with Crippen molar-refractivity contribution >= 4 is 52.7 Å². The summed E-state index contributed by atoms with van der Waals surface area (Å²) in [5.41, 5.74) is 0.131. The number of rotatable bonds is 11. The number of hydrogen-bond acceptors (Lipinski definition) is 8. The predicted molar refractivity (Wildman–Crippen MR) is 145 cm³/mol. The van der Waals surface area contributed by atoms with E-state index in [1.807, 2.05) is 6.19 Å². The zero-order valence-electron chi connectivity index (χ0n) is 21.2. The van der Waals surface area contributed by atoms with Crippen LogP contribution in [0, 0.1) is 18.4 Å². The molecule has 0 saturated heterocycles. The molecular weight excluding hydrogens is 594 g/mol. The van der Waals surface area contributed by atoms with Gasteiger partial charge in [-0.15, -0.1) is 5.10 Å². The Hall–Kier alpha value is -3.67. The number of ether oxygens (including phenoxy) is 1. The summed E-state index contributed by atoms with van der Waals surface area (Å²) in [5, 5.41) is 18.8. The van der Waals surface area contributed by atoms with Crippen molar-refractivity contribution in [2.24, 2.45) is 0 Å². The molecule has 0 fully saturated rings. The average Bonchev–Trinajstić information content (AvgIpc) is 3.33. The van der Waals surface area contributed by atoms with Crippen LogP contribution in [0.5, 0.6) is 5.88 Å². The minimum absolute atomic E-state index is 0.0178. The lowest BCUT2D eigenvalue weighted by Gasteiger charge is -2.25. The number of benzene rings is 1. The standard InChI is InChI=1S/C24H22Cl2F3N7O3S/c1-4-17(35(11-30)40-3)32-23(37)14-9-13(25)8-12(2)19(14)33-24(38)16-10-18(39-21(29)20(27)28)34-36(16)22-15(26)6-5-7-31-22/h5-10,17,20-21H,4H2,1-3H3,(H,32,37)(H,33,38). The van der Waals surface area contributed by atoms with Gasteiger partial charge in [0.25, 0.3) is 18.2 Å². The molecule has 0 spiro atoms. The number of carbonyl (C=O) groups excluding carboxylic acids is 2. The number of hydrogen-bond donors (Lipinski definition) is 2. The molecule has 2 atom stereocenters. The van der Waals surface area contributed by atoms with E-state index < -0.39 is 36.6 Å². The van der Waals surface area contributed by atoms with Crippen molar-refractivity contribution in [3.05, 3.63) is 63.4 Å². The van der Waals surface area contributed by atoms with Crippen molar-refractivity contribution in [1.82, 2.24) is 24.4 Å². The predicted octanol–water partition coefficient (Wildman–Crippen LogP) is 5.60. The fourth-order valence-corrected chi connectivity index (χ4v) is 4.51. The highest BCUT2D eigenvalue weighted by atomic mass is 35.5. The molecule has 0 aliphatic heterocycles. The first-order valence-electron chi connectivity index (χ1n) is 11.5. The first-order valence-corrected chi connectivity index (χ1v) is 13.4. The van der Waals surface area contributed by atoms with Gasteiger partial charge in [0.05, 0.1) is 16.3 Å². The number of nitriles is 1. The van der Waals surface area contributed by atoms with Gasteiger partial charge in [-0.2, -0.15) is 9.65 Å². The lowest BCUT2D eigenvalue weighted by molar-refractivity contribution is -0.0691. The Labute approximate surface area is 241 Å². The summed E-state index contributed by atoms with van der Waals surface area (Å²) in [6.07, 6.45) is -1.75. The van der Waals surface area contributed by atoms with Gasteiger partial charge in [0.15, 0.2) is 12.0 Å². The Kier molecular flexibility index (Phi) is 10.5. The average molecular weight is 616 g/mol. The Morgan fingerprint density at radius 2 is 1.98 bits per heavy atom. The zero-order valence-corrected chi connectivity index (χ0v) is 23.5. The van der Waals surface area contributed by atoms with Crippen molar-refractivity contribution in [3.63, 3.8) is 0 Å². The number of pyridine rings is 1. The second-order valence-corrected chi connectivity index (χ2v) is 9.60. The molecule has 2 heterocycles. The van der Waals surface area contributed by atoms with Crippen LogP contribution in [0.3, 0.4) is 0 Å². The van der Waals surface area contributed by atoms with Crippen molar-refractivity contribution in [2.45, 2.75) is 39.2 Å². The van der Waals surface area contributed by atoms with Gasteiger partial charge in [-0.05, 0) is 55.1 Å². The maximum Gasteiger partial charge on any atom is 0.304 e. The van der Waals surface area contributed by atoms with Gasteiger partial charge in [-0.25, -0.2) is 22.8 Å². The van der Waals surface area contributed by atoms with Gasteiger partial charge in [0, 0.05) is 23.5 Å². The molecule has 16 heteroatoms. The van der Waals surface area contributed by atoms with Crippen LogP contribution in [0.25, 0.3) is 5.82 Å². The van der Waals surface area contributed by atoms with Crippen LogP contribution in [-0.4, -0.2) is 56.1 Å². The Balaban J connectivity index is 2.03. The summed E-state index contributed by atoms with van der Waals surface area (Å²) >= 11 is 13.5. The molecule has 0 bridgehead atoms. The molecule has 3 aromatic rings. The molecule has 212 valence electrons. The third kappa shape index (κ3) is 7.09. The Morgan fingerprint density at radius 1 is 1.25 bits per heavy atom. The van der Waals surface area contributed by atoms with Crippen LogP contribution < -0.4 is 15.4 Å². The molecule has 40 heavy (non-hydrogen) atoms. The van der Waals surface area contributed by atoms with E-state index in [0.29, 0.717) is 12.0 Å². The van der Waals surface area contributed by atoms with E-state index in [-0.39, 0.29) is 32.8 Å². The molecule has 0 saturated carbocycles. The van der Waals surface area contributed by atoms with Crippen molar-refractivity contribution in [3.8, 4) is 17.9 Å². The second kappa shape index (κ2) is 13.6. The molecule has 2 amide bonds. The van der Waals surface area contributed by atoms with E-state index in [1.54, 1.807) is 20.1 Å². The summed E-state index contributed by atoms with van der Waals surface area (Å²) in [7, 11) is 0. The summed E-state index contributed by atoms with van der Waals surface area (Å²) in [4.78, 5) is 30.8. The van der Waals surface area contributed by atoms with E-state index in [9.17, 15) is 28.0 Å². The highest BCUT2D eigenvalue weighted by Crippen LogP contribution is 2.29. The molecule has 2 aromatic heterocycles. The number of nitrogens with zero attached hydrogens (tertiary/aromatic N) is 5. The summed E-state index contributed by atoms with van der Waals surface area (Å²) in [6, 6.07) is 6.72. The highest BCUT2D eigenvalue weighted by molar-refractivity contribution is 7.96.